The average Bonchev–Trinajstić information content (AvgIpc) is 2.34. The summed E-state index contributed by atoms with van der Waals surface area (Å²) in [5.74, 6) is 0.700. The molecule has 1 aliphatic heterocycles. The first-order chi connectivity index (χ1) is 9.49. The van der Waals surface area contributed by atoms with Gasteiger partial charge in [-0.3, -0.25) is 4.90 Å². The van der Waals surface area contributed by atoms with Crippen molar-refractivity contribution >= 4 is 15.9 Å². The summed E-state index contributed by atoms with van der Waals surface area (Å²) in [5, 5.41) is 9.94. The minimum atomic E-state index is 0.166. The number of aromatic hydroxyl groups is 1. The molecule has 2 atom stereocenters. The van der Waals surface area contributed by atoms with E-state index in [4.69, 9.17) is 9.47 Å². The van der Waals surface area contributed by atoms with Crippen LogP contribution < -0.4 is 4.74 Å². The molecular weight excluding hydrogens is 322 g/mol. The number of ether oxygens (including phenoxy) is 2. The Labute approximate surface area is 128 Å². The van der Waals surface area contributed by atoms with Crippen LogP contribution in [0.1, 0.15) is 26.3 Å². The van der Waals surface area contributed by atoms with Crippen LogP contribution in [0.4, 0.5) is 0 Å². The first-order valence-electron chi connectivity index (χ1n) is 7.01. The van der Waals surface area contributed by atoms with Gasteiger partial charge in [-0.1, -0.05) is 0 Å². The van der Waals surface area contributed by atoms with Gasteiger partial charge in [-0.25, -0.2) is 0 Å². The van der Waals surface area contributed by atoms with Gasteiger partial charge >= 0.3 is 0 Å². The molecule has 0 saturated carbocycles. The second-order valence-corrected chi connectivity index (χ2v) is 6.16. The van der Waals surface area contributed by atoms with Crippen molar-refractivity contribution in [3.8, 4) is 11.5 Å². The van der Waals surface area contributed by atoms with Gasteiger partial charge in [0, 0.05) is 19.6 Å². The van der Waals surface area contributed by atoms with Crippen molar-refractivity contribution < 1.29 is 14.6 Å². The maximum atomic E-state index is 9.94. The molecule has 0 amide bonds. The minimum Gasteiger partial charge on any atom is -0.503 e. The molecule has 0 radical (unpaired) electrons. The van der Waals surface area contributed by atoms with E-state index in [1.165, 1.54) is 0 Å². The molecule has 1 aromatic rings. The molecule has 20 heavy (non-hydrogen) atoms. The molecular formula is C15H22BrNO3. The average molecular weight is 344 g/mol. The Morgan fingerprint density at radius 1 is 1.35 bits per heavy atom. The fourth-order valence-electron chi connectivity index (χ4n) is 2.66. The molecule has 0 unspecified atom stereocenters. The lowest BCUT2D eigenvalue weighted by Gasteiger charge is -2.35. The zero-order chi connectivity index (χ0) is 14.7. The Hall–Kier alpha value is -0.780. The van der Waals surface area contributed by atoms with Crippen LogP contribution in [0.5, 0.6) is 11.5 Å². The number of nitrogens with zero attached hydrogens (tertiary/aromatic N) is 1. The van der Waals surface area contributed by atoms with E-state index < -0.39 is 0 Å². The van der Waals surface area contributed by atoms with Gasteiger partial charge in [0.15, 0.2) is 11.5 Å². The summed E-state index contributed by atoms with van der Waals surface area (Å²) in [6.45, 7) is 9.32. The third kappa shape index (κ3) is 3.87. The molecule has 1 fully saturated rings. The lowest BCUT2D eigenvalue weighted by atomic mass is 10.1. The van der Waals surface area contributed by atoms with Gasteiger partial charge in [0.2, 0.25) is 0 Å². The smallest absolute Gasteiger partial charge is 0.172 e. The van der Waals surface area contributed by atoms with Gasteiger partial charge in [0.25, 0.3) is 0 Å². The van der Waals surface area contributed by atoms with Crippen LogP contribution in [0.3, 0.4) is 0 Å². The van der Waals surface area contributed by atoms with Gasteiger partial charge in [-0.05, 0) is 54.4 Å². The molecule has 1 heterocycles. The van der Waals surface area contributed by atoms with Crippen LogP contribution >= 0.6 is 15.9 Å². The number of benzene rings is 1. The lowest BCUT2D eigenvalue weighted by molar-refractivity contribution is -0.0705. The second-order valence-electron chi connectivity index (χ2n) is 5.31. The van der Waals surface area contributed by atoms with Crippen molar-refractivity contribution in [2.45, 2.75) is 39.5 Å². The topological polar surface area (TPSA) is 41.9 Å². The number of hydrogen-bond donors (Lipinski definition) is 1. The number of phenolic OH excluding ortho intramolecular Hbond substituents is 1. The van der Waals surface area contributed by atoms with Gasteiger partial charge in [0.1, 0.15) is 0 Å². The van der Waals surface area contributed by atoms with E-state index >= 15 is 0 Å². The zero-order valence-electron chi connectivity index (χ0n) is 12.2. The largest absolute Gasteiger partial charge is 0.503 e. The van der Waals surface area contributed by atoms with Crippen molar-refractivity contribution in [2.75, 3.05) is 19.7 Å². The first kappa shape index (κ1) is 15.6. The first-order valence-corrected chi connectivity index (χ1v) is 7.81. The number of phenols is 1. The summed E-state index contributed by atoms with van der Waals surface area (Å²) in [4.78, 5) is 2.37. The summed E-state index contributed by atoms with van der Waals surface area (Å²) in [6.07, 6.45) is 0.510. The highest BCUT2D eigenvalue weighted by Gasteiger charge is 2.22. The predicted octanol–water partition coefficient (Wildman–Crippen LogP) is 3.16. The van der Waals surface area contributed by atoms with E-state index in [1.54, 1.807) is 0 Å². The normalized spacial score (nSPS) is 23.8. The number of hydrogen-bond acceptors (Lipinski definition) is 4. The lowest BCUT2D eigenvalue weighted by Crippen LogP contribution is -2.44. The zero-order valence-corrected chi connectivity index (χ0v) is 13.8. The Morgan fingerprint density at radius 2 is 2.00 bits per heavy atom. The van der Waals surface area contributed by atoms with E-state index in [0.29, 0.717) is 16.8 Å². The monoisotopic (exact) mass is 343 g/mol. The van der Waals surface area contributed by atoms with Crippen molar-refractivity contribution in [3.05, 3.63) is 22.2 Å². The van der Waals surface area contributed by atoms with Gasteiger partial charge < -0.3 is 14.6 Å². The highest BCUT2D eigenvalue weighted by molar-refractivity contribution is 9.10. The van der Waals surface area contributed by atoms with E-state index in [1.807, 2.05) is 19.1 Å². The molecule has 112 valence electrons. The molecule has 0 aromatic heterocycles. The van der Waals surface area contributed by atoms with E-state index in [2.05, 4.69) is 34.7 Å². The third-order valence-electron chi connectivity index (χ3n) is 3.29. The summed E-state index contributed by atoms with van der Waals surface area (Å²) in [5.41, 5.74) is 1.12. The molecule has 5 heteroatoms. The highest BCUT2D eigenvalue weighted by atomic mass is 79.9. The summed E-state index contributed by atoms with van der Waals surface area (Å²) >= 11 is 3.38. The van der Waals surface area contributed by atoms with Crippen LogP contribution in [0.25, 0.3) is 0 Å². The van der Waals surface area contributed by atoms with Crippen molar-refractivity contribution in [2.24, 2.45) is 0 Å². The maximum Gasteiger partial charge on any atom is 0.172 e. The predicted molar refractivity (Wildman–Crippen MR) is 82.3 cm³/mol. The van der Waals surface area contributed by atoms with Crippen LogP contribution in [0, 0.1) is 0 Å². The van der Waals surface area contributed by atoms with E-state index in [9.17, 15) is 5.11 Å². The van der Waals surface area contributed by atoms with Crippen LogP contribution in [-0.4, -0.2) is 41.9 Å². The summed E-state index contributed by atoms with van der Waals surface area (Å²) in [7, 11) is 0. The minimum absolute atomic E-state index is 0.166. The Bertz CT molecular complexity index is 457. The third-order valence-corrected chi connectivity index (χ3v) is 3.89. The van der Waals surface area contributed by atoms with Crippen LogP contribution in [0.15, 0.2) is 16.6 Å². The Balaban J connectivity index is 2.12. The molecule has 1 N–H and O–H groups in total. The Kier molecular flexibility index (Phi) is 5.29. The maximum absolute atomic E-state index is 9.94. The van der Waals surface area contributed by atoms with Gasteiger partial charge in [-0.2, -0.15) is 0 Å². The quantitative estimate of drug-likeness (QED) is 0.911. The molecule has 0 spiro atoms. The highest BCUT2D eigenvalue weighted by Crippen LogP contribution is 2.36. The molecule has 0 aliphatic carbocycles. The van der Waals surface area contributed by atoms with Crippen LogP contribution in [0.2, 0.25) is 0 Å². The number of halogens is 1. The van der Waals surface area contributed by atoms with E-state index in [0.717, 1.165) is 25.2 Å². The van der Waals surface area contributed by atoms with Crippen LogP contribution in [-0.2, 0) is 11.3 Å². The number of morpholine rings is 1. The molecule has 0 bridgehead atoms. The van der Waals surface area contributed by atoms with Crippen molar-refractivity contribution in [1.82, 2.24) is 4.90 Å². The van der Waals surface area contributed by atoms with E-state index in [-0.39, 0.29) is 18.0 Å². The Morgan fingerprint density at radius 3 is 2.60 bits per heavy atom. The fraction of sp³-hybridized carbons (Fsp3) is 0.600. The van der Waals surface area contributed by atoms with Crippen molar-refractivity contribution in [1.29, 1.82) is 0 Å². The summed E-state index contributed by atoms with van der Waals surface area (Å²) < 4.78 is 11.9. The molecule has 4 nitrogen and oxygen atoms in total. The van der Waals surface area contributed by atoms with Gasteiger partial charge in [0.05, 0.1) is 23.3 Å². The molecule has 1 aromatic carbocycles. The fourth-order valence-corrected chi connectivity index (χ4v) is 3.15. The second kappa shape index (κ2) is 6.78. The summed E-state index contributed by atoms with van der Waals surface area (Å²) in [6, 6.07) is 3.86. The standard InChI is InChI=1S/C15H22BrNO3/c1-4-19-14-6-12(5-13(16)15(14)18)9-17-7-10(2)20-11(3)8-17/h5-6,10-11,18H,4,7-9H2,1-3H3/t10-,11+. The number of rotatable bonds is 4. The van der Waals surface area contributed by atoms with Crippen molar-refractivity contribution in [3.63, 3.8) is 0 Å². The molecule has 1 saturated heterocycles. The van der Waals surface area contributed by atoms with Gasteiger partial charge in [-0.15, -0.1) is 0 Å². The molecule has 2 rings (SSSR count). The SMILES string of the molecule is CCOc1cc(CN2C[C@@H](C)O[C@@H](C)C2)cc(Br)c1O. The molecule has 1 aliphatic rings.